The van der Waals surface area contributed by atoms with Crippen LogP contribution in [0.25, 0.3) is 0 Å². The standard InChI is InChI=1S/C7H4F4O5S2/c8-6-4(17(12,13)7(9,10)11)2-1-3-5(6)18(14,15)16/h1-3H,(H,14,15,16)/p-1. The van der Waals surface area contributed by atoms with Gasteiger partial charge in [0.25, 0.3) is 9.84 Å². The first-order chi connectivity index (χ1) is 7.89. The minimum atomic E-state index is -6.07. The molecule has 11 heteroatoms. The van der Waals surface area contributed by atoms with Gasteiger partial charge in [0.05, 0.1) is 4.90 Å². The minimum Gasteiger partial charge on any atom is -0.744 e. The highest BCUT2D eigenvalue weighted by atomic mass is 32.2. The topological polar surface area (TPSA) is 91.3 Å². The molecule has 0 spiro atoms. The van der Waals surface area contributed by atoms with Crippen molar-refractivity contribution in [2.24, 2.45) is 0 Å². The summed E-state index contributed by atoms with van der Waals surface area (Å²) in [6, 6.07) is 1.10. The van der Waals surface area contributed by atoms with Crippen LogP contribution in [0.3, 0.4) is 0 Å². The fourth-order valence-electron chi connectivity index (χ4n) is 1.02. The molecule has 0 amide bonds. The van der Waals surface area contributed by atoms with Crippen LogP contribution in [0.4, 0.5) is 17.6 Å². The van der Waals surface area contributed by atoms with E-state index >= 15 is 0 Å². The van der Waals surface area contributed by atoms with Crippen molar-refractivity contribution in [3.8, 4) is 0 Å². The Morgan fingerprint density at radius 2 is 1.44 bits per heavy atom. The van der Waals surface area contributed by atoms with Crippen LogP contribution in [0.1, 0.15) is 0 Å². The third-order valence-corrected chi connectivity index (χ3v) is 4.15. The second-order valence-corrected chi connectivity index (χ2v) is 6.23. The fourth-order valence-corrected chi connectivity index (χ4v) is 2.51. The molecule has 0 radical (unpaired) electrons. The molecular formula is C7H3F4O5S2-. The van der Waals surface area contributed by atoms with E-state index in [9.17, 15) is 39.0 Å². The van der Waals surface area contributed by atoms with E-state index in [-0.39, 0.29) is 6.07 Å². The summed E-state index contributed by atoms with van der Waals surface area (Å²) in [7, 11) is -11.5. The first kappa shape index (κ1) is 14.9. The summed E-state index contributed by atoms with van der Waals surface area (Å²) in [4.78, 5) is -3.57. The van der Waals surface area contributed by atoms with Crippen LogP contribution >= 0.6 is 0 Å². The van der Waals surface area contributed by atoms with Gasteiger partial charge in [-0.3, -0.25) is 0 Å². The molecule has 1 aromatic carbocycles. The average Bonchev–Trinajstić information content (AvgIpc) is 2.13. The summed E-state index contributed by atoms with van der Waals surface area (Å²) in [5.74, 6) is -2.25. The summed E-state index contributed by atoms with van der Waals surface area (Å²) < 4.78 is 103. The van der Waals surface area contributed by atoms with Crippen molar-refractivity contribution in [2.75, 3.05) is 0 Å². The van der Waals surface area contributed by atoms with Crippen LogP contribution in [-0.4, -0.2) is 26.9 Å². The number of sulfone groups is 1. The van der Waals surface area contributed by atoms with Crippen molar-refractivity contribution >= 4 is 20.0 Å². The molecule has 0 aliphatic rings. The molecule has 0 aromatic heterocycles. The molecule has 5 nitrogen and oxygen atoms in total. The SMILES string of the molecule is O=S(=O)([O-])c1cccc(S(=O)(=O)C(F)(F)F)c1F. The summed E-state index contributed by atoms with van der Waals surface area (Å²) in [6.45, 7) is 0. The molecule has 102 valence electrons. The van der Waals surface area contributed by atoms with Gasteiger partial charge in [0.2, 0.25) is 0 Å². The monoisotopic (exact) mass is 307 g/mol. The maximum absolute atomic E-state index is 13.3. The zero-order valence-electron chi connectivity index (χ0n) is 8.10. The maximum Gasteiger partial charge on any atom is 0.502 e. The van der Waals surface area contributed by atoms with Gasteiger partial charge in [-0.05, 0) is 12.1 Å². The molecule has 0 bridgehead atoms. The van der Waals surface area contributed by atoms with E-state index in [1.54, 1.807) is 0 Å². The second-order valence-electron chi connectivity index (χ2n) is 2.97. The Morgan fingerprint density at radius 1 is 1.00 bits per heavy atom. The Labute approximate surface area is 98.7 Å². The zero-order chi connectivity index (χ0) is 14.4. The summed E-state index contributed by atoms with van der Waals surface area (Å²) in [5.41, 5.74) is -5.81. The number of rotatable bonds is 2. The average molecular weight is 307 g/mol. The van der Waals surface area contributed by atoms with Crippen molar-refractivity contribution in [1.82, 2.24) is 0 Å². The van der Waals surface area contributed by atoms with Crippen LogP contribution in [0.2, 0.25) is 0 Å². The highest BCUT2D eigenvalue weighted by Crippen LogP contribution is 2.33. The Bertz CT molecular complexity index is 674. The van der Waals surface area contributed by atoms with E-state index in [4.69, 9.17) is 0 Å². The molecule has 0 fully saturated rings. The highest BCUT2D eigenvalue weighted by Gasteiger charge is 2.48. The lowest BCUT2D eigenvalue weighted by Crippen LogP contribution is -2.24. The van der Waals surface area contributed by atoms with Crippen molar-refractivity contribution in [2.45, 2.75) is 15.3 Å². The predicted molar refractivity (Wildman–Crippen MR) is 47.6 cm³/mol. The second kappa shape index (κ2) is 4.17. The van der Waals surface area contributed by atoms with Crippen LogP contribution in [-0.2, 0) is 20.0 Å². The lowest BCUT2D eigenvalue weighted by Gasteiger charge is -2.13. The number of alkyl halides is 3. The van der Waals surface area contributed by atoms with E-state index in [2.05, 4.69) is 0 Å². The summed E-state index contributed by atoms with van der Waals surface area (Å²) >= 11 is 0. The van der Waals surface area contributed by atoms with Crippen LogP contribution in [0, 0.1) is 5.82 Å². The van der Waals surface area contributed by atoms with E-state index in [0.717, 1.165) is 0 Å². The lowest BCUT2D eigenvalue weighted by molar-refractivity contribution is -0.0438. The maximum atomic E-state index is 13.3. The van der Waals surface area contributed by atoms with Gasteiger partial charge >= 0.3 is 5.51 Å². The quantitative estimate of drug-likeness (QED) is 0.601. The molecule has 0 saturated carbocycles. The van der Waals surface area contributed by atoms with Gasteiger partial charge in [-0.25, -0.2) is 21.2 Å². The van der Waals surface area contributed by atoms with Crippen molar-refractivity contribution in [3.63, 3.8) is 0 Å². The zero-order valence-corrected chi connectivity index (χ0v) is 9.73. The van der Waals surface area contributed by atoms with Crippen molar-refractivity contribution in [3.05, 3.63) is 24.0 Å². The smallest absolute Gasteiger partial charge is 0.502 e. The number of hydrogen-bond acceptors (Lipinski definition) is 5. The molecule has 1 rings (SSSR count). The third kappa shape index (κ3) is 2.47. The van der Waals surface area contributed by atoms with Gasteiger partial charge in [-0.2, -0.15) is 13.2 Å². The molecule has 0 N–H and O–H groups in total. The van der Waals surface area contributed by atoms with Gasteiger partial charge in [-0.1, -0.05) is 6.07 Å². The molecule has 0 saturated heterocycles. The van der Waals surface area contributed by atoms with E-state index < -0.39 is 41.1 Å². The highest BCUT2D eigenvalue weighted by molar-refractivity contribution is 7.92. The molecule has 0 atom stereocenters. The van der Waals surface area contributed by atoms with Crippen LogP contribution < -0.4 is 0 Å². The largest absolute Gasteiger partial charge is 0.744 e. The lowest BCUT2D eigenvalue weighted by atomic mass is 10.3. The van der Waals surface area contributed by atoms with Gasteiger partial charge < -0.3 is 4.55 Å². The van der Waals surface area contributed by atoms with Crippen LogP contribution in [0.15, 0.2) is 28.0 Å². The van der Waals surface area contributed by atoms with Gasteiger partial charge in [0, 0.05) is 0 Å². The molecule has 0 aliphatic heterocycles. The van der Waals surface area contributed by atoms with Crippen molar-refractivity contribution in [1.29, 1.82) is 0 Å². The molecule has 1 aromatic rings. The van der Waals surface area contributed by atoms with Gasteiger partial charge in [-0.15, -0.1) is 0 Å². The van der Waals surface area contributed by atoms with E-state index in [1.165, 1.54) is 0 Å². The van der Waals surface area contributed by atoms with E-state index in [0.29, 0.717) is 12.1 Å². The normalized spacial score (nSPS) is 13.6. The Kier molecular flexibility index (Phi) is 3.44. The Hall–Kier alpha value is -1.20. The molecule has 0 unspecified atom stereocenters. The summed E-state index contributed by atoms with van der Waals surface area (Å²) in [6.07, 6.45) is 0. The summed E-state index contributed by atoms with van der Waals surface area (Å²) in [5, 5.41) is 0. The fraction of sp³-hybridized carbons (Fsp3) is 0.143. The first-order valence-electron chi connectivity index (χ1n) is 3.95. The number of benzene rings is 1. The Balaban J connectivity index is 3.68. The number of hydrogen-bond donors (Lipinski definition) is 0. The first-order valence-corrected chi connectivity index (χ1v) is 6.84. The van der Waals surface area contributed by atoms with Gasteiger partial charge in [0.1, 0.15) is 15.0 Å². The van der Waals surface area contributed by atoms with Crippen molar-refractivity contribution < 1.29 is 39.0 Å². The van der Waals surface area contributed by atoms with E-state index in [1.807, 2.05) is 0 Å². The molecule has 0 heterocycles. The van der Waals surface area contributed by atoms with Gasteiger partial charge in [0.15, 0.2) is 5.82 Å². The molecule has 0 aliphatic carbocycles. The molecular weight excluding hydrogens is 304 g/mol. The Morgan fingerprint density at radius 3 is 1.83 bits per heavy atom. The van der Waals surface area contributed by atoms with Crippen LogP contribution in [0.5, 0.6) is 0 Å². The predicted octanol–water partition coefficient (Wildman–Crippen LogP) is 1.02. The minimum absolute atomic E-state index is 0.215. The third-order valence-electron chi connectivity index (χ3n) is 1.79. The number of halogens is 4. The molecule has 18 heavy (non-hydrogen) atoms.